The Morgan fingerprint density at radius 3 is 2.14 bits per heavy atom. The summed E-state index contributed by atoms with van der Waals surface area (Å²) < 4.78 is 37.8. The molecule has 2 rings (SSSR count). The van der Waals surface area contributed by atoms with Crippen LogP contribution in [0.3, 0.4) is 0 Å². The van der Waals surface area contributed by atoms with Crippen LogP contribution in [0.1, 0.15) is 26.3 Å². The Morgan fingerprint density at radius 2 is 1.55 bits per heavy atom. The molecule has 0 aliphatic carbocycles. The molecular weight excluding hydrogens is 398 g/mol. The van der Waals surface area contributed by atoms with Gasteiger partial charge in [-0.2, -0.15) is 13.1 Å². The Kier molecular flexibility index (Phi) is 7.18. The molecule has 0 saturated carbocycles. The Hall–Kier alpha value is -3.11. The van der Waals surface area contributed by atoms with Gasteiger partial charge in [0.25, 0.3) is 0 Å². The first-order chi connectivity index (χ1) is 13.5. The van der Waals surface area contributed by atoms with E-state index in [2.05, 4.69) is 10.0 Å². The van der Waals surface area contributed by atoms with Crippen LogP contribution in [0, 0.1) is 0 Å². The first kappa shape index (κ1) is 22.2. The molecule has 0 atom stereocenters. The van der Waals surface area contributed by atoms with E-state index in [0.717, 1.165) is 0 Å². The van der Waals surface area contributed by atoms with Crippen molar-refractivity contribution in [1.29, 1.82) is 0 Å². The number of carbonyl (C=O) groups is 2. The van der Waals surface area contributed by atoms with Gasteiger partial charge in [-0.05, 0) is 50.6 Å². The fourth-order valence-corrected chi connectivity index (χ4v) is 2.76. The lowest BCUT2D eigenvalue weighted by Crippen LogP contribution is -2.42. The van der Waals surface area contributed by atoms with Crippen molar-refractivity contribution in [1.82, 2.24) is 9.44 Å². The van der Waals surface area contributed by atoms with Crippen LogP contribution < -0.4 is 19.5 Å². The fourth-order valence-electron chi connectivity index (χ4n) is 2.07. The number of hydrogen-bond acceptors (Lipinski definition) is 6. The molecule has 0 fully saturated rings. The summed E-state index contributed by atoms with van der Waals surface area (Å²) in [6.07, 6.45) is -1.72. The predicted molar refractivity (Wildman–Crippen MR) is 108 cm³/mol. The molecule has 0 aliphatic rings. The summed E-state index contributed by atoms with van der Waals surface area (Å²) in [5.74, 6) is 0.411. The lowest BCUT2D eigenvalue weighted by Gasteiger charge is -2.19. The maximum Gasteiger partial charge on any atom is 0.422 e. The Balaban J connectivity index is 1.84. The van der Waals surface area contributed by atoms with Gasteiger partial charge in [0.2, 0.25) is 0 Å². The van der Waals surface area contributed by atoms with Crippen molar-refractivity contribution < 1.29 is 27.5 Å². The number of anilines is 1. The molecule has 2 aromatic carbocycles. The quantitative estimate of drug-likeness (QED) is 0.658. The van der Waals surface area contributed by atoms with Crippen LogP contribution in [0.4, 0.5) is 15.3 Å². The van der Waals surface area contributed by atoms with Crippen LogP contribution in [-0.4, -0.2) is 26.2 Å². The second kappa shape index (κ2) is 9.39. The van der Waals surface area contributed by atoms with Crippen molar-refractivity contribution in [2.75, 3.05) is 5.32 Å². The standard InChI is InChI=1S/C19H23N3O6S/c1-19(2,3)28-18(24)22-29(25,26)20-13-14-9-11-15(12-10-14)21-17(23)27-16-7-5-4-6-8-16/h4-12,20H,13H2,1-3H3,(H,21,23)(H,22,24). The highest BCUT2D eigenvalue weighted by Crippen LogP contribution is 2.13. The molecule has 0 heterocycles. The average molecular weight is 421 g/mol. The summed E-state index contributed by atoms with van der Waals surface area (Å²) in [5, 5.41) is 2.56. The molecule has 0 spiro atoms. The summed E-state index contributed by atoms with van der Waals surface area (Å²) in [6, 6.07) is 15.0. The number of benzene rings is 2. The molecule has 0 bridgehead atoms. The van der Waals surface area contributed by atoms with Crippen LogP contribution in [0.5, 0.6) is 5.75 Å². The van der Waals surface area contributed by atoms with E-state index >= 15 is 0 Å². The van der Waals surface area contributed by atoms with E-state index in [1.54, 1.807) is 80.1 Å². The predicted octanol–water partition coefficient (Wildman–Crippen LogP) is 3.16. The van der Waals surface area contributed by atoms with Gasteiger partial charge in [0.1, 0.15) is 11.4 Å². The van der Waals surface area contributed by atoms with Gasteiger partial charge in [-0.25, -0.2) is 14.3 Å². The van der Waals surface area contributed by atoms with E-state index in [4.69, 9.17) is 9.47 Å². The van der Waals surface area contributed by atoms with Crippen molar-refractivity contribution in [2.24, 2.45) is 0 Å². The minimum absolute atomic E-state index is 0.0626. The third kappa shape index (κ3) is 8.62. The molecule has 0 aromatic heterocycles. The highest BCUT2D eigenvalue weighted by atomic mass is 32.2. The maximum atomic E-state index is 11.9. The molecule has 0 radical (unpaired) electrons. The molecule has 156 valence electrons. The lowest BCUT2D eigenvalue weighted by atomic mass is 10.2. The Labute approximate surface area is 169 Å². The first-order valence-electron chi connectivity index (χ1n) is 8.66. The SMILES string of the molecule is CC(C)(C)OC(=O)NS(=O)(=O)NCc1ccc(NC(=O)Oc2ccccc2)cc1. The van der Waals surface area contributed by atoms with E-state index < -0.39 is 28.0 Å². The van der Waals surface area contributed by atoms with Gasteiger partial charge in [0.05, 0.1) is 0 Å². The molecule has 29 heavy (non-hydrogen) atoms. The summed E-state index contributed by atoms with van der Waals surface area (Å²) in [5.41, 5.74) is 0.273. The fraction of sp³-hybridized carbons (Fsp3) is 0.263. The average Bonchev–Trinajstić information content (AvgIpc) is 2.60. The Bertz CT molecular complexity index is 938. The smallest absolute Gasteiger partial charge is 0.422 e. The van der Waals surface area contributed by atoms with Gasteiger partial charge >= 0.3 is 22.4 Å². The Morgan fingerprint density at radius 1 is 0.931 bits per heavy atom. The topological polar surface area (TPSA) is 123 Å². The number of amides is 2. The largest absolute Gasteiger partial charge is 0.443 e. The first-order valence-corrected chi connectivity index (χ1v) is 10.1. The zero-order chi connectivity index (χ0) is 21.5. The third-order valence-electron chi connectivity index (χ3n) is 3.24. The van der Waals surface area contributed by atoms with Gasteiger partial charge < -0.3 is 9.47 Å². The van der Waals surface area contributed by atoms with Crippen molar-refractivity contribution in [3.63, 3.8) is 0 Å². The summed E-state index contributed by atoms with van der Waals surface area (Å²) in [7, 11) is -4.08. The van der Waals surface area contributed by atoms with Crippen molar-refractivity contribution in [2.45, 2.75) is 32.9 Å². The minimum atomic E-state index is -4.08. The van der Waals surface area contributed by atoms with E-state index in [1.807, 2.05) is 0 Å². The van der Waals surface area contributed by atoms with Crippen LogP contribution in [0.15, 0.2) is 54.6 Å². The van der Waals surface area contributed by atoms with Crippen LogP contribution in [0.2, 0.25) is 0 Å². The molecule has 2 aromatic rings. The number of rotatable bonds is 6. The normalized spacial score (nSPS) is 11.4. The van der Waals surface area contributed by atoms with Crippen LogP contribution >= 0.6 is 0 Å². The highest BCUT2D eigenvalue weighted by Gasteiger charge is 2.21. The molecule has 0 unspecified atom stereocenters. The third-order valence-corrected chi connectivity index (χ3v) is 4.20. The number of carbonyl (C=O) groups excluding carboxylic acids is 2. The monoisotopic (exact) mass is 421 g/mol. The molecule has 2 amide bonds. The second-order valence-corrected chi connectivity index (χ2v) is 8.45. The molecule has 0 saturated heterocycles. The van der Waals surface area contributed by atoms with Gasteiger partial charge in [-0.15, -0.1) is 0 Å². The highest BCUT2D eigenvalue weighted by molar-refractivity contribution is 7.88. The summed E-state index contributed by atoms with van der Waals surface area (Å²) >= 11 is 0. The van der Waals surface area contributed by atoms with Crippen LogP contribution in [0.25, 0.3) is 0 Å². The van der Waals surface area contributed by atoms with Gasteiger partial charge in [0.15, 0.2) is 0 Å². The van der Waals surface area contributed by atoms with E-state index in [-0.39, 0.29) is 6.54 Å². The second-order valence-electron chi connectivity index (χ2n) is 6.95. The van der Waals surface area contributed by atoms with E-state index in [1.165, 1.54) is 0 Å². The lowest BCUT2D eigenvalue weighted by molar-refractivity contribution is 0.0569. The number of ether oxygens (including phenoxy) is 2. The van der Waals surface area contributed by atoms with E-state index in [0.29, 0.717) is 17.0 Å². The van der Waals surface area contributed by atoms with Gasteiger partial charge in [-0.1, -0.05) is 30.3 Å². The number of para-hydroxylation sites is 1. The summed E-state index contributed by atoms with van der Waals surface area (Å²) in [6.45, 7) is 4.81. The van der Waals surface area contributed by atoms with E-state index in [9.17, 15) is 18.0 Å². The van der Waals surface area contributed by atoms with Gasteiger partial charge in [0, 0.05) is 12.2 Å². The van der Waals surface area contributed by atoms with Gasteiger partial charge in [-0.3, -0.25) is 5.32 Å². The van der Waals surface area contributed by atoms with Crippen LogP contribution in [-0.2, 0) is 21.5 Å². The summed E-state index contributed by atoms with van der Waals surface area (Å²) in [4.78, 5) is 23.4. The molecular formula is C19H23N3O6S. The van der Waals surface area contributed by atoms with Crippen molar-refractivity contribution in [3.05, 3.63) is 60.2 Å². The molecule has 9 nitrogen and oxygen atoms in total. The molecule has 3 N–H and O–H groups in total. The number of nitrogens with one attached hydrogen (secondary N) is 3. The molecule has 10 heteroatoms. The maximum absolute atomic E-state index is 11.9. The van der Waals surface area contributed by atoms with Crippen molar-refractivity contribution in [3.8, 4) is 5.75 Å². The van der Waals surface area contributed by atoms with Crippen molar-refractivity contribution >= 4 is 28.1 Å². The number of hydrogen-bond donors (Lipinski definition) is 3. The zero-order valence-corrected chi connectivity index (χ0v) is 17.1. The zero-order valence-electron chi connectivity index (χ0n) is 16.3. The molecule has 0 aliphatic heterocycles. The minimum Gasteiger partial charge on any atom is -0.443 e.